The minimum atomic E-state index is -2.69. The fourth-order valence-corrected chi connectivity index (χ4v) is 3.75. The van der Waals surface area contributed by atoms with E-state index in [1.807, 2.05) is 0 Å². The molecule has 0 saturated heterocycles. The first-order chi connectivity index (χ1) is 14.8. The molecule has 1 saturated carbocycles. The van der Waals surface area contributed by atoms with Gasteiger partial charge in [0.25, 0.3) is 18.4 Å². The van der Waals surface area contributed by atoms with Crippen LogP contribution in [0.5, 0.6) is 0 Å². The van der Waals surface area contributed by atoms with Crippen molar-refractivity contribution in [3.05, 3.63) is 63.8 Å². The Morgan fingerprint density at radius 1 is 1.19 bits per heavy atom. The fourth-order valence-electron chi connectivity index (χ4n) is 3.75. The van der Waals surface area contributed by atoms with Gasteiger partial charge in [0.15, 0.2) is 0 Å². The van der Waals surface area contributed by atoms with Crippen molar-refractivity contribution in [1.29, 1.82) is 0 Å². The molecule has 1 atom stereocenters. The number of fused-ring (bicyclic) bond motifs is 1. The van der Waals surface area contributed by atoms with Gasteiger partial charge in [-0.2, -0.15) is 0 Å². The van der Waals surface area contributed by atoms with Crippen LogP contribution in [0.15, 0.2) is 41.6 Å². The van der Waals surface area contributed by atoms with Crippen molar-refractivity contribution in [2.24, 2.45) is 0 Å². The number of halogens is 4. The summed E-state index contributed by atoms with van der Waals surface area (Å²) >= 11 is 0. The minimum absolute atomic E-state index is 0.131. The number of pyridine rings is 1. The lowest BCUT2D eigenvalue weighted by atomic mass is 9.97. The van der Waals surface area contributed by atoms with Gasteiger partial charge in [0.1, 0.15) is 23.7 Å². The molecule has 4 rings (SSSR count). The maximum absolute atomic E-state index is 13.6. The van der Waals surface area contributed by atoms with E-state index in [9.17, 15) is 22.4 Å². The van der Waals surface area contributed by atoms with Crippen LogP contribution in [-0.2, 0) is 5.54 Å². The Morgan fingerprint density at radius 2 is 1.90 bits per heavy atom. The van der Waals surface area contributed by atoms with Gasteiger partial charge in [0, 0.05) is 17.8 Å². The molecular weight excluding hydrogens is 412 g/mol. The topological polar surface area (TPSA) is 59.8 Å². The first kappa shape index (κ1) is 20.8. The summed E-state index contributed by atoms with van der Waals surface area (Å²) in [6.07, 6.45) is 3.23. The van der Waals surface area contributed by atoms with Crippen LogP contribution in [0.25, 0.3) is 10.9 Å². The zero-order valence-electron chi connectivity index (χ0n) is 16.4. The summed E-state index contributed by atoms with van der Waals surface area (Å²) in [5, 5.41) is 3.34. The Bertz CT molecular complexity index is 1240. The number of benzene rings is 1. The van der Waals surface area contributed by atoms with E-state index in [-0.39, 0.29) is 29.7 Å². The summed E-state index contributed by atoms with van der Waals surface area (Å²) in [5.74, 6) is 2.74. The maximum Gasteiger partial charge on any atom is 0.264 e. The predicted molar refractivity (Wildman–Crippen MR) is 108 cm³/mol. The molecule has 5 nitrogen and oxygen atoms in total. The fraction of sp³-hybridized carbons (Fsp3) is 0.318. The highest BCUT2D eigenvalue weighted by Gasteiger charge is 2.53. The number of aromatic nitrogens is 3. The van der Waals surface area contributed by atoms with E-state index in [0.29, 0.717) is 16.5 Å². The van der Waals surface area contributed by atoms with Crippen molar-refractivity contribution in [3.8, 4) is 12.3 Å². The molecule has 0 radical (unpaired) electrons. The van der Waals surface area contributed by atoms with E-state index in [2.05, 4.69) is 21.2 Å². The van der Waals surface area contributed by atoms with Gasteiger partial charge < -0.3 is 9.88 Å². The smallest absolute Gasteiger partial charge is 0.264 e. The van der Waals surface area contributed by atoms with Crippen LogP contribution < -0.4 is 10.9 Å². The summed E-state index contributed by atoms with van der Waals surface area (Å²) in [5.41, 5.74) is -1.16. The second-order valence-corrected chi connectivity index (χ2v) is 7.51. The highest BCUT2D eigenvalue weighted by molar-refractivity contribution is 5.88. The molecule has 9 heteroatoms. The monoisotopic (exact) mass is 430 g/mol. The molecule has 1 aliphatic rings. The zero-order valence-corrected chi connectivity index (χ0v) is 16.4. The second-order valence-electron chi connectivity index (χ2n) is 7.51. The highest BCUT2D eigenvalue weighted by Crippen LogP contribution is 2.48. The molecule has 2 aromatic heterocycles. The van der Waals surface area contributed by atoms with E-state index < -0.39 is 30.0 Å². The first-order valence-electron chi connectivity index (χ1n) is 9.55. The average Bonchev–Trinajstić information content (AvgIpc) is 3.54. The first-order valence-corrected chi connectivity index (χ1v) is 9.55. The van der Waals surface area contributed by atoms with Crippen molar-refractivity contribution < 1.29 is 17.6 Å². The molecule has 0 bridgehead atoms. The van der Waals surface area contributed by atoms with Gasteiger partial charge >= 0.3 is 0 Å². The molecule has 0 amide bonds. The van der Waals surface area contributed by atoms with Crippen LogP contribution in [-0.4, -0.2) is 21.0 Å². The van der Waals surface area contributed by atoms with E-state index in [1.54, 1.807) is 13.0 Å². The van der Waals surface area contributed by atoms with Gasteiger partial charge in [-0.3, -0.25) is 4.79 Å². The quantitative estimate of drug-likeness (QED) is 0.460. The number of hydrogen-bond acceptors (Lipinski definition) is 4. The SMILES string of the molecule is C#C[C@@H](Nc1ncnc2cc(=O)n(C3(C(F)F)CC3)cc12)c1cccc(C(F)F)c1C. The van der Waals surface area contributed by atoms with Crippen LogP contribution in [0.1, 0.15) is 42.0 Å². The van der Waals surface area contributed by atoms with Gasteiger partial charge in [-0.05, 0) is 30.9 Å². The predicted octanol–water partition coefficient (Wildman–Crippen LogP) is 4.58. The molecule has 2 heterocycles. The van der Waals surface area contributed by atoms with Gasteiger partial charge in [-0.25, -0.2) is 27.5 Å². The Labute approximate surface area is 175 Å². The summed E-state index contributed by atoms with van der Waals surface area (Å²) in [4.78, 5) is 20.6. The molecular formula is C22H18F4N4O. The summed E-state index contributed by atoms with van der Waals surface area (Å²) in [6.45, 7) is 1.55. The molecule has 3 aromatic rings. The van der Waals surface area contributed by atoms with E-state index in [1.165, 1.54) is 30.7 Å². The maximum atomic E-state index is 13.6. The Balaban J connectivity index is 1.79. The molecule has 0 unspecified atom stereocenters. The Kier molecular flexibility index (Phi) is 5.17. The molecule has 0 spiro atoms. The number of nitrogens with zero attached hydrogens (tertiary/aromatic N) is 3. The third-order valence-electron chi connectivity index (χ3n) is 5.73. The Morgan fingerprint density at radius 3 is 2.52 bits per heavy atom. The van der Waals surface area contributed by atoms with E-state index >= 15 is 0 Å². The Hall–Kier alpha value is -3.41. The van der Waals surface area contributed by atoms with Crippen LogP contribution in [0, 0.1) is 19.3 Å². The molecule has 160 valence electrons. The summed E-state index contributed by atoms with van der Waals surface area (Å²) in [6, 6.07) is 4.81. The van der Waals surface area contributed by atoms with Crippen molar-refractivity contribution in [2.45, 2.75) is 44.2 Å². The molecule has 1 N–H and O–H groups in total. The van der Waals surface area contributed by atoms with Gasteiger partial charge in [0.2, 0.25) is 0 Å². The van der Waals surface area contributed by atoms with Crippen molar-refractivity contribution in [3.63, 3.8) is 0 Å². The third-order valence-corrected chi connectivity index (χ3v) is 5.73. The van der Waals surface area contributed by atoms with Crippen LogP contribution in [0.2, 0.25) is 0 Å². The number of nitrogens with one attached hydrogen (secondary N) is 1. The van der Waals surface area contributed by atoms with E-state index in [4.69, 9.17) is 6.42 Å². The van der Waals surface area contributed by atoms with Crippen molar-refractivity contribution in [1.82, 2.24) is 14.5 Å². The average molecular weight is 430 g/mol. The molecule has 31 heavy (non-hydrogen) atoms. The minimum Gasteiger partial charge on any atom is -0.352 e. The molecule has 1 fully saturated rings. The van der Waals surface area contributed by atoms with Crippen molar-refractivity contribution >= 4 is 16.7 Å². The number of alkyl halides is 4. The number of anilines is 1. The molecule has 0 aliphatic heterocycles. The van der Waals surface area contributed by atoms with Gasteiger partial charge in [-0.15, -0.1) is 6.42 Å². The van der Waals surface area contributed by atoms with Crippen LogP contribution >= 0.6 is 0 Å². The number of terminal acetylenes is 1. The zero-order chi connectivity index (χ0) is 22.3. The number of hydrogen-bond donors (Lipinski definition) is 1. The van der Waals surface area contributed by atoms with Crippen LogP contribution in [0.3, 0.4) is 0 Å². The largest absolute Gasteiger partial charge is 0.352 e. The number of rotatable bonds is 6. The normalized spacial score (nSPS) is 15.8. The van der Waals surface area contributed by atoms with Gasteiger partial charge in [0.05, 0.1) is 10.9 Å². The third kappa shape index (κ3) is 3.52. The highest BCUT2D eigenvalue weighted by atomic mass is 19.3. The lowest BCUT2D eigenvalue weighted by molar-refractivity contribution is 0.0654. The van der Waals surface area contributed by atoms with Crippen LogP contribution in [0.4, 0.5) is 23.4 Å². The van der Waals surface area contributed by atoms with Crippen molar-refractivity contribution in [2.75, 3.05) is 5.32 Å². The molecule has 1 aliphatic carbocycles. The standard InChI is InChI=1S/C22H18F4N4O/c1-3-16(13-5-4-6-14(12(13)2)19(23)24)29-20-15-10-30(22(7-8-22)21(25)26)18(31)9-17(15)27-11-28-20/h1,4-6,9-11,16,19,21H,7-8H2,2H3,(H,27,28,29)/t16-/m1/s1. The summed E-state index contributed by atoms with van der Waals surface area (Å²) in [7, 11) is 0. The van der Waals surface area contributed by atoms with E-state index in [0.717, 1.165) is 4.57 Å². The lowest BCUT2D eigenvalue weighted by Crippen LogP contribution is -2.35. The summed E-state index contributed by atoms with van der Waals surface area (Å²) < 4.78 is 54.8. The second kappa shape index (κ2) is 7.69. The van der Waals surface area contributed by atoms with Gasteiger partial charge in [-0.1, -0.05) is 24.1 Å². The molecule has 1 aromatic carbocycles. The lowest BCUT2D eigenvalue weighted by Gasteiger charge is -2.21.